The molecule has 0 spiro atoms. The van der Waals surface area contributed by atoms with E-state index in [0.717, 1.165) is 41.7 Å². The number of nitrogens with zero attached hydrogens (tertiary/aromatic N) is 4. The molecule has 2 heterocycles. The standard InChI is InChI=1S/C27H26FN5O/c1-31(2)15-6-16-32-18-25(23-17-22(28)13-14-24(23)32)33-26(29-30-27(33)34)21-11-9-20(10-12-21)19-7-4-3-5-8-19/h3-5,7-14,17-18H,6,15-16H2,1-2H3,(H,30,34). The molecule has 6 nitrogen and oxygen atoms in total. The molecule has 2 aromatic heterocycles. The van der Waals surface area contributed by atoms with E-state index < -0.39 is 0 Å². The van der Waals surface area contributed by atoms with Crippen LogP contribution in [-0.2, 0) is 6.54 Å². The molecule has 0 atom stereocenters. The molecular formula is C27H26FN5O. The average Bonchev–Trinajstić information content (AvgIpc) is 3.39. The summed E-state index contributed by atoms with van der Waals surface area (Å²) in [5, 5.41) is 7.56. The van der Waals surface area contributed by atoms with E-state index in [0.29, 0.717) is 16.9 Å². The van der Waals surface area contributed by atoms with Crippen LogP contribution in [0.1, 0.15) is 6.42 Å². The molecular weight excluding hydrogens is 429 g/mol. The molecule has 5 rings (SSSR count). The van der Waals surface area contributed by atoms with E-state index in [9.17, 15) is 9.18 Å². The Hall–Kier alpha value is -3.97. The zero-order chi connectivity index (χ0) is 23.7. The molecule has 172 valence electrons. The summed E-state index contributed by atoms with van der Waals surface area (Å²) in [5.41, 5.74) is 4.12. The van der Waals surface area contributed by atoms with Gasteiger partial charge in [0.05, 0.1) is 11.2 Å². The lowest BCUT2D eigenvalue weighted by Crippen LogP contribution is -2.16. The van der Waals surface area contributed by atoms with Crippen molar-refractivity contribution in [3.05, 3.63) is 95.3 Å². The van der Waals surface area contributed by atoms with Gasteiger partial charge in [-0.1, -0.05) is 54.6 Å². The second-order valence-electron chi connectivity index (χ2n) is 8.66. The van der Waals surface area contributed by atoms with Crippen molar-refractivity contribution in [2.45, 2.75) is 13.0 Å². The number of hydrogen-bond acceptors (Lipinski definition) is 3. The molecule has 0 bridgehead atoms. The van der Waals surface area contributed by atoms with Crippen LogP contribution >= 0.6 is 0 Å². The zero-order valence-electron chi connectivity index (χ0n) is 19.2. The first-order valence-electron chi connectivity index (χ1n) is 11.3. The monoisotopic (exact) mass is 455 g/mol. The number of halogens is 1. The Morgan fingerprint density at radius 1 is 0.941 bits per heavy atom. The fourth-order valence-electron chi connectivity index (χ4n) is 4.33. The van der Waals surface area contributed by atoms with Gasteiger partial charge in [-0.3, -0.25) is 0 Å². The van der Waals surface area contributed by atoms with Crippen molar-refractivity contribution in [3.8, 4) is 28.2 Å². The molecule has 0 aliphatic carbocycles. The Balaban J connectivity index is 1.58. The lowest BCUT2D eigenvalue weighted by molar-refractivity contribution is 0.388. The molecule has 34 heavy (non-hydrogen) atoms. The van der Waals surface area contributed by atoms with Gasteiger partial charge >= 0.3 is 5.69 Å². The van der Waals surface area contributed by atoms with Crippen LogP contribution in [0.3, 0.4) is 0 Å². The number of benzene rings is 3. The van der Waals surface area contributed by atoms with Crippen LogP contribution < -0.4 is 5.69 Å². The lowest BCUT2D eigenvalue weighted by Gasteiger charge is -2.10. The maximum absolute atomic E-state index is 14.2. The predicted molar refractivity (Wildman–Crippen MR) is 134 cm³/mol. The van der Waals surface area contributed by atoms with Crippen LogP contribution in [0.5, 0.6) is 0 Å². The molecule has 7 heteroatoms. The van der Waals surface area contributed by atoms with Crippen molar-refractivity contribution in [3.63, 3.8) is 0 Å². The van der Waals surface area contributed by atoms with Crippen LogP contribution in [-0.4, -0.2) is 44.9 Å². The number of fused-ring (bicyclic) bond motifs is 1. The van der Waals surface area contributed by atoms with Crippen molar-refractivity contribution >= 4 is 10.9 Å². The molecule has 0 saturated carbocycles. The first-order chi connectivity index (χ1) is 16.5. The van der Waals surface area contributed by atoms with E-state index >= 15 is 0 Å². The van der Waals surface area contributed by atoms with Gasteiger partial charge in [-0.25, -0.2) is 18.9 Å². The highest BCUT2D eigenvalue weighted by molar-refractivity contribution is 5.90. The summed E-state index contributed by atoms with van der Waals surface area (Å²) < 4.78 is 17.8. The highest BCUT2D eigenvalue weighted by Crippen LogP contribution is 2.29. The summed E-state index contributed by atoms with van der Waals surface area (Å²) in [6.45, 7) is 1.69. The summed E-state index contributed by atoms with van der Waals surface area (Å²) in [6.07, 6.45) is 2.85. The van der Waals surface area contributed by atoms with E-state index in [1.165, 1.54) is 16.7 Å². The molecule has 0 aliphatic rings. The minimum Gasteiger partial charge on any atom is -0.345 e. The van der Waals surface area contributed by atoms with Gasteiger partial charge in [-0.2, -0.15) is 5.10 Å². The second-order valence-corrected chi connectivity index (χ2v) is 8.66. The summed E-state index contributed by atoms with van der Waals surface area (Å²) in [6, 6.07) is 22.7. The Bertz CT molecular complexity index is 1480. The topological polar surface area (TPSA) is 58.9 Å². The van der Waals surface area contributed by atoms with Crippen molar-refractivity contribution < 1.29 is 4.39 Å². The summed E-state index contributed by atoms with van der Waals surface area (Å²) in [4.78, 5) is 15.0. The molecule has 1 N–H and O–H groups in total. The van der Waals surface area contributed by atoms with Crippen LogP contribution in [0.2, 0.25) is 0 Å². The highest BCUT2D eigenvalue weighted by Gasteiger charge is 2.18. The van der Waals surface area contributed by atoms with E-state index in [-0.39, 0.29) is 11.5 Å². The summed E-state index contributed by atoms with van der Waals surface area (Å²) in [5.74, 6) is 0.145. The van der Waals surface area contributed by atoms with E-state index in [2.05, 4.69) is 31.8 Å². The van der Waals surface area contributed by atoms with Gasteiger partial charge in [0.1, 0.15) is 5.82 Å². The molecule has 0 fully saturated rings. The summed E-state index contributed by atoms with van der Waals surface area (Å²) >= 11 is 0. The highest BCUT2D eigenvalue weighted by atomic mass is 19.1. The van der Waals surface area contributed by atoms with Gasteiger partial charge in [-0.15, -0.1) is 0 Å². The minimum atomic E-state index is -0.362. The molecule has 0 amide bonds. The number of aromatic amines is 1. The third-order valence-corrected chi connectivity index (χ3v) is 5.99. The number of hydrogen-bond donors (Lipinski definition) is 1. The molecule has 0 radical (unpaired) electrons. The molecule has 5 aromatic rings. The maximum atomic E-state index is 14.2. The fourth-order valence-corrected chi connectivity index (χ4v) is 4.33. The van der Waals surface area contributed by atoms with Gasteiger partial charge in [-0.05, 0) is 56.4 Å². The SMILES string of the molecule is CN(C)CCCn1cc(-n2c(-c3ccc(-c4ccccc4)cc3)n[nH]c2=O)c2cc(F)ccc21. The third kappa shape index (κ3) is 4.18. The molecule has 0 unspecified atom stereocenters. The zero-order valence-corrected chi connectivity index (χ0v) is 19.2. The number of H-pyrrole nitrogens is 1. The lowest BCUT2D eigenvalue weighted by atomic mass is 10.0. The van der Waals surface area contributed by atoms with Gasteiger partial charge in [0, 0.05) is 23.7 Å². The van der Waals surface area contributed by atoms with Crippen LogP contribution in [0.4, 0.5) is 4.39 Å². The Morgan fingerprint density at radius 3 is 2.38 bits per heavy atom. The van der Waals surface area contributed by atoms with Crippen molar-refractivity contribution in [2.24, 2.45) is 0 Å². The van der Waals surface area contributed by atoms with Crippen molar-refractivity contribution in [1.82, 2.24) is 24.2 Å². The minimum absolute atomic E-state index is 0.343. The third-order valence-electron chi connectivity index (χ3n) is 5.99. The first-order valence-corrected chi connectivity index (χ1v) is 11.3. The predicted octanol–water partition coefficient (Wildman–Crippen LogP) is 4.94. The summed E-state index contributed by atoms with van der Waals surface area (Å²) in [7, 11) is 4.07. The van der Waals surface area contributed by atoms with Crippen molar-refractivity contribution in [2.75, 3.05) is 20.6 Å². The maximum Gasteiger partial charge on any atom is 0.348 e. The van der Waals surface area contributed by atoms with Crippen molar-refractivity contribution in [1.29, 1.82) is 0 Å². The number of nitrogens with one attached hydrogen (secondary N) is 1. The second kappa shape index (κ2) is 9.11. The molecule has 0 saturated heterocycles. The number of rotatable bonds is 7. The van der Waals surface area contributed by atoms with Gasteiger partial charge < -0.3 is 9.47 Å². The Kier molecular flexibility index (Phi) is 5.86. The Morgan fingerprint density at radius 2 is 1.65 bits per heavy atom. The van der Waals surface area contributed by atoms with Crippen LogP contribution in [0.25, 0.3) is 39.1 Å². The number of aryl methyl sites for hydroxylation is 1. The molecule has 3 aromatic carbocycles. The number of aromatic nitrogens is 4. The first kappa shape index (κ1) is 21.9. The van der Waals surface area contributed by atoms with E-state index in [1.54, 1.807) is 6.07 Å². The quantitative estimate of drug-likeness (QED) is 0.378. The Labute approximate surface area is 196 Å². The molecule has 0 aliphatic heterocycles. The van der Waals surface area contributed by atoms with Crippen LogP contribution in [0.15, 0.2) is 83.8 Å². The van der Waals surface area contributed by atoms with Gasteiger partial charge in [0.25, 0.3) is 0 Å². The average molecular weight is 456 g/mol. The van der Waals surface area contributed by atoms with Gasteiger partial charge in [0.2, 0.25) is 0 Å². The normalized spacial score (nSPS) is 11.5. The van der Waals surface area contributed by atoms with Crippen LogP contribution in [0, 0.1) is 5.82 Å². The van der Waals surface area contributed by atoms with Gasteiger partial charge in [0.15, 0.2) is 5.82 Å². The fraction of sp³-hybridized carbons (Fsp3) is 0.185. The largest absolute Gasteiger partial charge is 0.348 e. The van der Waals surface area contributed by atoms with E-state index in [4.69, 9.17) is 0 Å². The van der Waals surface area contributed by atoms with E-state index in [1.807, 2.05) is 62.8 Å². The smallest absolute Gasteiger partial charge is 0.345 e.